The summed E-state index contributed by atoms with van der Waals surface area (Å²) in [4.78, 5) is 10.1. The van der Waals surface area contributed by atoms with Crippen LogP contribution in [0, 0.1) is 11.8 Å². The summed E-state index contributed by atoms with van der Waals surface area (Å²) in [6.07, 6.45) is 2.50. The molecular weight excluding hydrogens is 104 g/mol. The van der Waals surface area contributed by atoms with Crippen LogP contribution in [-0.2, 0) is 4.79 Å². The van der Waals surface area contributed by atoms with Crippen molar-refractivity contribution in [1.29, 1.82) is 0 Å². The summed E-state index contributed by atoms with van der Waals surface area (Å²) in [6.45, 7) is 3.49. The average Bonchev–Trinajstić information content (AvgIpc) is 2.42. The van der Waals surface area contributed by atoms with Crippen molar-refractivity contribution in [2.24, 2.45) is 11.8 Å². The molecule has 2 nitrogen and oxygen atoms in total. The van der Waals surface area contributed by atoms with Crippen LogP contribution in [0.15, 0.2) is 12.7 Å². The summed E-state index contributed by atoms with van der Waals surface area (Å²) in [5.41, 5.74) is 0. The Hall–Kier alpha value is -0.790. The molecule has 2 atom stereocenters. The van der Waals surface area contributed by atoms with Crippen molar-refractivity contribution in [2.75, 3.05) is 0 Å². The summed E-state index contributed by atoms with van der Waals surface area (Å²) in [5.74, 6) is -0.546. The van der Waals surface area contributed by atoms with E-state index in [0.717, 1.165) is 6.42 Å². The Balaban J connectivity index is 2.36. The van der Waals surface area contributed by atoms with E-state index in [1.165, 1.54) is 0 Å². The first-order valence-corrected chi connectivity index (χ1v) is 2.61. The van der Waals surface area contributed by atoms with E-state index in [2.05, 4.69) is 6.58 Å². The minimum absolute atomic E-state index is 0.118. The lowest BCUT2D eigenvalue weighted by molar-refractivity contribution is -0.138. The van der Waals surface area contributed by atoms with E-state index in [4.69, 9.17) is 5.11 Å². The van der Waals surface area contributed by atoms with Gasteiger partial charge in [-0.1, -0.05) is 6.08 Å². The number of aliphatic carboxylic acids is 1. The Morgan fingerprint density at radius 3 is 2.62 bits per heavy atom. The third-order valence-corrected chi connectivity index (χ3v) is 1.46. The van der Waals surface area contributed by atoms with Crippen LogP contribution >= 0.6 is 0 Å². The SMILES string of the molecule is C=C[C@@H]1C[C@H]1C(=O)O. The molecule has 1 aliphatic carbocycles. The molecule has 1 saturated carbocycles. The number of carboxylic acids is 1. The van der Waals surface area contributed by atoms with Crippen molar-refractivity contribution >= 4 is 5.97 Å². The number of allylic oxidation sites excluding steroid dienone is 1. The van der Waals surface area contributed by atoms with Gasteiger partial charge in [-0.05, 0) is 12.3 Å². The molecule has 0 aliphatic heterocycles. The second-order valence-corrected chi connectivity index (χ2v) is 2.08. The second kappa shape index (κ2) is 1.62. The van der Waals surface area contributed by atoms with Crippen molar-refractivity contribution in [3.8, 4) is 0 Å². The fourth-order valence-corrected chi connectivity index (χ4v) is 0.759. The maximum absolute atomic E-state index is 10.1. The number of hydrogen-bond donors (Lipinski definition) is 1. The Morgan fingerprint density at radius 1 is 1.88 bits per heavy atom. The van der Waals surface area contributed by atoms with Crippen LogP contribution in [0.1, 0.15) is 6.42 Å². The van der Waals surface area contributed by atoms with Crippen molar-refractivity contribution in [3.05, 3.63) is 12.7 Å². The van der Waals surface area contributed by atoms with E-state index < -0.39 is 5.97 Å². The predicted octanol–water partition coefficient (Wildman–Crippen LogP) is 0.893. The predicted molar refractivity (Wildman–Crippen MR) is 29.4 cm³/mol. The molecule has 0 aromatic rings. The molecule has 2 heteroatoms. The lowest BCUT2D eigenvalue weighted by Gasteiger charge is -1.81. The minimum atomic E-state index is -0.685. The van der Waals surface area contributed by atoms with Crippen molar-refractivity contribution in [2.45, 2.75) is 6.42 Å². The molecule has 0 unspecified atom stereocenters. The van der Waals surface area contributed by atoms with Gasteiger partial charge >= 0.3 is 5.97 Å². The first kappa shape index (κ1) is 5.35. The van der Waals surface area contributed by atoms with Gasteiger partial charge in [-0.15, -0.1) is 6.58 Å². The standard InChI is InChI=1S/C6H8O2/c1-2-4-3-5(4)6(7)8/h2,4-5H,1,3H2,(H,7,8)/t4-,5-/m1/s1. The van der Waals surface area contributed by atoms with E-state index in [-0.39, 0.29) is 11.8 Å². The molecule has 8 heavy (non-hydrogen) atoms. The van der Waals surface area contributed by atoms with Crippen LogP contribution < -0.4 is 0 Å². The quantitative estimate of drug-likeness (QED) is 0.539. The second-order valence-electron chi connectivity index (χ2n) is 2.08. The molecule has 0 saturated heterocycles. The number of rotatable bonds is 2. The average molecular weight is 112 g/mol. The van der Waals surface area contributed by atoms with E-state index >= 15 is 0 Å². The molecular formula is C6H8O2. The van der Waals surface area contributed by atoms with Crippen LogP contribution in [0.4, 0.5) is 0 Å². The first-order chi connectivity index (χ1) is 3.75. The fraction of sp³-hybridized carbons (Fsp3) is 0.500. The fourth-order valence-electron chi connectivity index (χ4n) is 0.759. The third-order valence-electron chi connectivity index (χ3n) is 1.46. The highest BCUT2D eigenvalue weighted by Gasteiger charge is 2.40. The molecule has 0 bridgehead atoms. The summed E-state index contributed by atoms with van der Waals surface area (Å²) in [7, 11) is 0. The monoisotopic (exact) mass is 112 g/mol. The Bertz CT molecular complexity index is 128. The van der Waals surface area contributed by atoms with Crippen molar-refractivity contribution in [3.63, 3.8) is 0 Å². The van der Waals surface area contributed by atoms with E-state index in [9.17, 15) is 4.79 Å². The zero-order valence-corrected chi connectivity index (χ0v) is 4.50. The number of carboxylic acid groups (broad SMARTS) is 1. The Kier molecular flexibility index (Phi) is 1.08. The van der Waals surface area contributed by atoms with E-state index in [1.54, 1.807) is 6.08 Å². The maximum atomic E-state index is 10.1. The number of hydrogen-bond acceptors (Lipinski definition) is 1. The minimum Gasteiger partial charge on any atom is -0.481 e. The van der Waals surface area contributed by atoms with Crippen molar-refractivity contribution < 1.29 is 9.90 Å². The van der Waals surface area contributed by atoms with Gasteiger partial charge in [0, 0.05) is 0 Å². The van der Waals surface area contributed by atoms with Gasteiger partial charge in [0.25, 0.3) is 0 Å². The lowest BCUT2D eigenvalue weighted by atomic mass is 10.3. The molecule has 1 fully saturated rings. The smallest absolute Gasteiger partial charge is 0.307 e. The maximum Gasteiger partial charge on any atom is 0.307 e. The zero-order chi connectivity index (χ0) is 6.15. The van der Waals surface area contributed by atoms with Gasteiger partial charge in [0.1, 0.15) is 0 Å². The highest BCUT2D eigenvalue weighted by atomic mass is 16.4. The summed E-state index contributed by atoms with van der Waals surface area (Å²) < 4.78 is 0. The van der Waals surface area contributed by atoms with Crippen LogP contribution in [-0.4, -0.2) is 11.1 Å². The molecule has 0 aromatic heterocycles. The molecule has 0 heterocycles. The molecule has 44 valence electrons. The molecule has 0 radical (unpaired) electrons. The lowest BCUT2D eigenvalue weighted by Crippen LogP contribution is -1.97. The Labute approximate surface area is 47.8 Å². The van der Waals surface area contributed by atoms with Gasteiger partial charge in [0.2, 0.25) is 0 Å². The molecule has 0 spiro atoms. The first-order valence-electron chi connectivity index (χ1n) is 2.61. The molecule has 1 rings (SSSR count). The van der Waals surface area contributed by atoms with E-state index in [0.29, 0.717) is 0 Å². The largest absolute Gasteiger partial charge is 0.481 e. The van der Waals surface area contributed by atoms with Gasteiger partial charge in [0.05, 0.1) is 5.92 Å². The Morgan fingerprint density at radius 2 is 2.50 bits per heavy atom. The molecule has 1 N–H and O–H groups in total. The summed E-state index contributed by atoms with van der Waals surface area (Å²) >= 11 is 0. The van der Waals surface area contributed by atoms with Gasteiger partial charge < -0.3 is 5.11 Å². The van der Waals surface area contributed by atoms with Crippen LogP contribution in [0.5, 0.6) is 0 Å². The topological polar surface area (TPSA) is 37.3 Å². The number of carbonyl (C=O) groups is 1. The van der Waals surface area contributed by atoms with Gasteiger partial charge in [-0.3, -0.25) is 4.79 Å². The van der Waals surface area contributed by atoms with Gasteiger partial charge in [-0.2, -0.15) is 0 Å². The zero-order valence-electron chi connectivity index (χ0n) is 4.50. The normalized spacial score (nSPS) is 34.0. The highest BCUT2D eigenvalue weighted by Crippen LogP contribution is 2.38. The van der Waals surface area contributed by atoms with Crippen LogP contribution in [0.3, 0.4) is 0 Å². The van der Waals surface area contributed by atoms with Gasteiger partial charge in [-0.25, -0.2) is 0 Å². The molecule has 1 aliphatic rings. The van der Waals surface area contributed by atoms with Crippen LogP contribution in [0.2, 0.25) is 0 Å². The van der Waals surface area contributed by atoms with E-state index in [1.807, 2.05) is 0 Å². The highest BCUT2D eigenvalue weighted by molar-refractivity contribution is 5.73. The van der Waals surface area contributed by atoms with Crippen molar-refractivity contribution in [1.82, 2.24) is 0 Å². The molecule has 0 amide bonds. The van der Waals surface area contributed by atoms with Crippen LogP contribution in [0.25, 0.3) is 0 Å². The summed E-state index contributed by atoms with van der Waals surface area (Å²) in [5, 5.41) is 8.31. The third kappa shape index (κ3) is 0.735. The van der Waals surface area contributed by atoms with Gasteiger partial charge in [0.15, 0.2) is 0 Å². The summed E-state index contributed by atoms with van der Waals surface area (Å²) in [6, 6.07) is 0. The molecule has 0 aromatic carbocycles.